The van der Waals surface area contributed by atoms with Crippen molar-refractivity contribution in [2.45, 2.75) is 0 Å². The van der Waals surface area contributed by atoms with E-state index in [0.717, 1.165) is 0 Å². The van der Waals surface area contributed by atoms with Crippen LogP contribution >= 0.6 is 11.6 Å². The number of aldehydes is 1. The van der Waals surface area contributed by atoms with Gasteiger partial charge in [-0.1, -0.05) is 11.6 Å². The largest absolute Gasteiger partial charge is 0.495 e. The number of carbonyl (C=O) groups excluding carboxylic acids is 1. The van der Waals surface area contributed by atoms with Crippen molar-refractivity contribution in [2.24, 2.45) is 0 Å². The van der Waals surface area contributed by atoms with Gasteiger partial charge in [-0.3, -0.25) is 4.79 Å². The molecule has 1 heterocycles. The number of benzene rings is 1. The number of fused-ring (bicyclic) bond motifs is 1. The summed E-state index contributed by atoms with van der Waals surface area (Å²) in [6.45, 7) is 0. The van der Waals surface area contributed by atoms with E-state index in [1.807, 2.05) is 0 Å². The third-order valence-electron chi connectivity index (χ3n) is 2.43. The fourth-order valence-electron chi connectivity index (χ4n) is 1.59. The van der Waals surface area contributed by atoms with Gasteiger partial charge in [0.05, 0.1) is 19.2 Å². The van der Waals surface area contributed by atoms with Crippen molar-refractivity contribution in [1.29, 1.82) is 0 Å². The Labute approximate surface area is 103 Å². The number of halogens is 1. The normalized spacial score (nSPS) is 10.3. The van der Waals surface area contributed by atoms with E-state index >= 15 is 0 Å². The highest BCUT2D eigenvalue weighted by molar-refractivity contribution is 6.37. The van der Waals surface area contributed by atoms with Crippen LogP contribution in [0.15, 0.2) is 18.2 Å². The summed E-state index contributed by atoms with van der Waals surface area (Å²) in [7, 11) is 3.05. The number of hydrogen-bond donors (Lipinski definition) is 0. The number of methoxy groups -OCH3 is 2. The Balaban J connectivity index is 2.83. The van der Waals surface area contributed by atoms with Gasteiger partial charge in [-0.15, -0.1) is 0 Å². The van der Waals surface area contributed by atoms with Crippen LogP contribution in [-0.4, -0.2) is 25.5 Å². The van der Waals surface area contributed by atoms with E-state index in [-0.39, 0.29) is 0 Å². The molecule has 5 heteroatoms. The minimum atomic E-state index is 0.331. The molecule has 0 aliphatic heterocycles. The summed E-state index contributed by atoms with van der Waals surface area (Å²) in [5.74, 6) is 1.03. The molecule has 0 spiro atoms. The zero-order chi connectivity index (χ0) is 12.4. The molecular weight excluding hydrogens is 242 g/mol. The van der Waals surface area contributed by atoms with E-state index in [1.54, 1.807) is 18.2 Å². The molecule has 0 atom stereocenters. The van der Waals surface area contributed by atoms with E-state index in [2.05, 4.69) is 4.98 Å². The maximum absolute atomic E-state index is 10.7. The van der Waals surface area contributed by atoms with Crippen molar-refractivity contribution in [2.75, 3.05) is 14.2 Å². The highest BCUT2D eigenvalue weighted by Crippen LogP contribution is 2.37. The predicted octanol–water partition coefficient (Wildman–Crippen LogP) is 2.72. The van der Waals surface area contributed by atoms with Crippen molar-refractivity contribution in [3.05, 3.63) is 28.9 Å². The summed E-state index contributed by atoms with van der Waals surface area (Å²) in [6, 6.07) is 4.96. The third-order valence-corrected chi connectivity index (χ3v) is 2.82. The van der Waals surface area contributed by atoms with Gasteiger partial charge in [0.1, 0.15) is 22.7 Å². The van der Waals surface area contributed by atoms with Crippen LogP contribution in [-0.2, 0) is 0 Å². The Kier molecular flexibility index (Phi) is 3.15. The molecule has 0 aliphatic carbocycles. The lowest BCUT2D eigenvalue weighted by molar-refractivity contribution is 0.111. The molecule has 17 heavy (non-hydrogen) atoms. The molecule has 4 nitrogen and oxygen atoms in total. The van der Waals surface area contributed by atoms with Gasteiger partial charge in [0, 0.05) is 11.5 Å². The van der Waals surface area contributed by atoms with E-state index in [9.17, 15) is 4.79 Å². The molecule has 0 bridgehead atoms. The highest BCUT2D eigenvalue weighted by Gasteiger charge is 2.13. The standard InChI is InChI=1S/C12H10ClNO3/c1-16-9-5-10(17-2)12-8(11(9)13)4-3-7(6-15)14-12/h3-6H,1-2H3. The topological polar surface area (TPSA) is 48.4 Å². The molecule has 1 aromatic carbocycles. The average molecular weight is 252 g/mol. The van der Waals surface area contributed by atoms with E-state index in [4.69, 9.17) is 21.1 Å². The summed E-state index contributed by atoms with van der Waals surface area (Å²) < 4.78 is 10.4. The van der Waals surface area contributed by atoms with Crippen molar-refractivity contribution < 1.29 is 14.3 Å². The summed E-state index contributed by atoms with van der Waals surface area (Å²) >= 11 is 6.16. The van der Waals surface area contributed by atoms with Crippen LogP contribution in [0.25, 0.3) is 10.9 Å². The van der Waals surface area contributed by atoms with Crippen LogP contribution in [0.2, 0.25) is 5.02 Å². The Bertz CT molecular complexity index is 583. The third kappa shape index (κ3) is 1.91. The fourth-order valence-corrected chi connectivity index (χ4v) is 1.88. The molecule has 0 N–H and O–H groups in total. The predicted molar refractivity (Wildman–Crippen MR) is 65.2 cm³/mol. The van der Waals surface area contributed by atoms with Crippen LogP contribution in [0.4, 0.5) is 0 Å². The minimum absolute atomic E-state index is 0.331. The Morgan fingerprint density at radius 3 is 2.53 bits per heavy atom. The van der Waals surface area contributed by atoms with Crippen LogP contribution in [0.3, 0.4) is 0 Å². The summed E-state index contributed by atoms with van der Waals surface area (Å²) in [5, 5.41) is 1.14. The molecule has 1 aromatic heterocycles. The van der Waals surface area contributed by atoms with Crippen LogP contribution in [0, 0.1) is 0 Å². The first kappa shape index (κ1) is 11.7. The summed E-state index contributed by atoms with van der Waals surface area (Å²) in [5.41, 5.74) is 0.875. The van der Waals surface area contributed by atoms with Crippen molar-refractivity contribution >= 4 is 28.8 Å². The van der Waals surface area contributed by atoms with Gasteiger partial charge < -0.3 is 9.47 Å². The SMILES string of the molecule is COc1cc(OC)c2nc(C=O)ccc2c1Cl. The number of ether oxygens (including phenoxy) is 2. The van der Waals surface area contributed by atoms with Gasteiger partial charge in [0.25, 0.3) is 0 Å². The van der Waals surface area contributed by atoms with Gasteiger partial charge in [-0.25, -0.2) is 4.98 Å². The molecule has 0 aliphatic rings. The average Bonchev–Trinajstić information content (AvgIpc) is 2.39. The zero-order valence-electron chi connectivity index (χ0n) is 9.36. The Morgan fingerprint density at radius 2 is 1.94 bits per heavy atom. The van der Waals surface area contributed by atoms with Gasteiger partial charge in [-0.2, -0.15) is 0 Å². The molecule has 0 saturated carbocycles. The lowest BCUT2D eigenvalue weighted by Gasteiger charge is -2.10. The summed E-state index contributed by atoms with van der Waals surface area (Å²) in [6.07, 6.45) is 0.678. The van der Waals surface area contributed by atoms with E-state index in [1.165, 1.54) is 14.2 Å². The monoisotopic (exact) mass is 251 g/mol. The van der Waals surface area contributed by atoms with Gasteiger partial charge in [0.15, 0.2) is 6.29 Å². The molecule has 0 amide bonds. The van der Waals surface area contributed by atoms with Crippen molar-refractivity contribution in [1.82, 2.24) is 4.98 Å². The maximum Gasteiger partial charge on any atom is 0.168 e. The van der Waals surface area contributed by atoms with Gasteiger partial charge in [0.2, 0.25) is 0 Å². The molecule has 88 valence electrons. The highest BCUT2D eigenvalue weighted by atomic mass is 35.5. The molecule has 0 unspecified atom stereocenters. The molecular formula is C12H10ClNO3. The molecule has 2 rings (SSSR count). The van der Waals surface area contributed by atoms with E-state index < -0.39 is 0 Å². The molecule has 2 aromatic rings. The van der Waals surface area contributed by atoms with Crippen LogP contribution < -0.4 is 9.47 Å². The first-order valence-corrected chi connectivity index (χ1v) is 5.25. The number of pyridine rings is 1. The Morgan fingerprint density at radius 1 is 1.24 bits per heavy atom. The van der Waals surface area contributed by atoms with Crippen LogP contribution in [0.5, 0.6) is 11.5 Å². The fraction of sp³-hybridized carbons (Fsp3) is 0.167. The Hall–Kier alpha value is -1.81. The van der Waals surface area contributed by atoms with E-state index in [0.29, 0.717) is 39.4 Å². The second-order valence-corrected chi connectivity index (χ2v) is 3.72. The lowest BCUT2D eigenvalue weighted by atomic mass is 10.1. The van der Waals surface area contributed by atoms with Crippen molar-refractivity contribution in [3.8, 4) is 11.5 Å². The first-order chi connectivity index (χ1) is 8.21. The zero-order valence-corrected chi connectivity index (χ0v) is 10.1. The number of aromatic nitrogens is 1. The second-order valence-electron chi connectivity index (χ2n) is 3.35. The first-order valence-electron chi connectivity index (χ1n) is 4.87. The molecule has 0 saturated heterocycles. The maximum atomic E-state index is 10.7. The van der Waals surface area contributed by atoms with Gasteiger partial charge in [-0.05, 0) is 12.1 Å². The molecule has 0 fully saturated rings. The number of nitrogens with zero attached hydrogens (tertiary/aromatic N) is 1. The van der Waals surface area contributed by atoms with Crippen molar-refractivity contribution in [3.63, 3.8) is 0 Å². The lowest BCUT2D eigenvalue weighted by Crippen LogP contribution is -1.94. The van der Waals surface area contributed by atoms with Crippen LogP contribution in [0.1, 0.15) is 10.5 Å². The minimum Gasteiger partial charge on any atom is -0.495 e. The number of hydrogen-bond acceptors (Lipinski definition) is 4. The quantitative estimate of drug-likeness (QED) is 0.787. The second kappa shape index (κ2) is 4.59. The number of rotatable bonds is 3. The number of carbonyl (C=O) groups is 1. The summed E-state index contributed by atoms with van der Waals surface area (Å²) in [4.78, 5) is 14.9. The smallest absolute Gasteiger partial charge is 0.168 e. The molecule has 0 radical (unpaired) electrons. The van der Waals surface area contributed by atoms with Gasteiger partial charge >= 0.3 is 0 Å².